The number of rotatable bonds is 6. The lowest BCUT2D eigenvalue weighted by atomic mass is 9.90. The molecule has 2 saturated heterocycles. The second-order valence-electron chi connectivity index (χ2n) is 6.40. The van der Waals surface area contributed by atoms with Crippen LogP contribution in [0.5, 0.6) is 0 Å². The summed E-state index contributed by atoms with van der Waals surface area (Å²) in [4.78, 5) is 10.8. The van der Waals surface area contributed by atoms with E-state index in [-0.39, 0.29) is 30.3 Å². The van der Waals surface area contributed by atoms with Crippen LogP contribution in [0.4, 0.5) is 0 Å². The molecule has 6 nitrogen and oxygen atoms in total. The molecular weight excluding hydrogens is 280 g/mol. The minimum Gasteiger partial charge on any atom is -0.481 e. The molecule has 2 rings (SSSR count). The van der Waals surface area contributed by atoms with Gasteiger partial charge in [-0.1, -0.05) is 13.8 Å². The van der Waals surface area contributed by atoms with Crippen LogP contribution in [-0.2, 0) is 15.0 Å². The van der Waals surface area contributed by atoms with Gasteiger partial charge in [-0.2, -0.15) is 12.7 Å². The van der Waals surface area contributed by atoms with E-state index in [2.05, 4.69) is 4.72 Å². The summed E-state index contributed by atoms with van der Waals surface area (Å²) in [5, 5.41) is 8.89. The summed E-state index contributed by atoms with van der Waals surface area (Å²) in [5.74, 6) is -0.405. The molecule has 2 fully saturated rings. The summed E-state index contributed by atoms with van der Waals surface area (Å²) in [6.45, 7) is 4.38. The molecule has 7 heteroatoms. The Bertz CT molecular complexity index is 449. The first kappa shape index (κ1) is 15.7. The van der Waals surface area contributed by atoms with Gasteiger partial charge in [-0.3, -0.25) is 4.79 Å². The van der Waals surface area contributed by atoms with E-state index in [9.17, 15) is 13.2 Å². The zero-order valence-electron chi connectivity index (χ0n) is 12.1. The van der Waals surface area contributed by atoms with Gasteiger partial charge in [-0.15, -0.1) is 0 Å². The van der Waals surface area contributed by atoms with Gasteiger partial charge in [0.25, 0.3) is 10.2 Å². The second-order valence-corrected chi connectivity index (χ2v) is 8.06. The number of nitrogens with one attached hydrogen (secondary N) is 1. The van der Waals surface area contributed by atoms with Crippen LogP contribution in [0.15, 0.2) is 0 Å². The van der Waals surface area contributed by atoms with Crippen molar-refractivity contribution in [3.63, 3.8) is 0 Å². The molecule has 116 valence electrons. The average molecular weight is 304 g/mol. The predicted octanol–water partition coefficient (Wildman–Crippen LogP) is 1.19. The SMILES string of the molecule is CC(C)CNS(=O)(=O)N1C2CCC1CC(CC(=O)O)C2. The zero-order valence-corrected chi connectivity index (χ0v) is 12.9. The fourth-order valence-electron chi connectivity index (χ4n) is 3.40. The van der Waals surface area contributed by atoms with Crippen LogP contribution in [0.25, 0.3) is 0 Å². The lowest BCUT2D eigenvalue weighted by Crippen LogP contribution is -2.51. The first-order valence-electron chi connectivity index (χ1n) is 7.29. The number of hydrogen-bond donors (Lipinski definition) is 2. The van der Waals surface area contributed by atoms with Gasteiger partial charge in [0.15, 0.2) is 0 Å². The molecule has 2 N–H and O–H groups in total. The highest BCUT2D eigenvalue weighted by molar-refractivity contribution is 7.87. The van der Waals surface area contributed by atoms with Crippen LogP contribution in [0, 0.1) is 11.8 Å². The lowest BCUT2D eigenvalue weighted by Gasteiger charge is -2.37. The summed E-state index contributed by atoms with van der Waals surface area (Å²) in [5.41, 5.74) is 0. The fourth-order valence-corrected chi connectivity index (χ4v) is 5.26. The Hall–Kier alpha value is -0.660. The quantitative estimate of drug-likeness (QED) is 0.772. The maximum absolute atomic E-state index is 12.4. The summed E-state index contributed by atoms with van der Waals surface area (Å²) < 4.78 is 29.0. The van der Waals surface area contributed by atoms with Crippen LogP contribution in [0.1, 0.15) is 46.0 Å². The Kier molecular flexibility index (Phi) is 4.71. The topological polar surface area (TPSA) is 86.7 Å². The number of fused-ring (bicyclic) bond motifs is 2. The van der Waals surface area contributed by atoms with Crippen molar-refractivity contribution in [3.05, 3.63) is 0 Å². The van der Waals surface area contributed by atoms with Crippen LogP contribution in [-0.4, -0.2) is 42.4 Å². The van der Waals surface area contributed by atoms with Gasteiger partial charge in [-0.05, 0) is 37.5 Å². The molecule has 0 aliphatic carbocycles. The van der Waals surface area contributed by atoms with Gasteiger partial charge in [0.1, 0.15) is 0 Å². The monoisotopic (exact) mass is 304 g/mol. The summed E-state index contributed by atoms with van der Waals surface area (Å²) in [6.07, 6.45) is 3.20. The Morgan fingerprint density at radius 3 is 2.30 bits per heavy atom. The Balaban J connectivity index is 2.03. The second kappa shape index (κ2) is 5.99. The first-order valence-corrected chi connectivity index (χ1v) is 8.73. The Morgan fingerprint density at radius 2 is 1.85 bits per heavy atom. The highest BCUT2D eigenvalue weighted by Crippen LogP contribution is 2.41. The van der Waals surface area contributed by atoms with Crippen molar-refractivity contribution >= 4 is 16.2 Å². The van der Waals surface area contributed by atoms with Gasteiger partial charge in [0.2, 0.25) is 0 Å². The molecule has 0 saturated carbocycles. The molecule has 2 aliphatic heterocycles. The van der Waals surface area contributed by atoms with Crippen LogP contribution in [0.3, 0.4) is 0 Å². The number of piperidine rings is 1. The number of hydrogen-bond acceptors (Lipinski definition) is 3. The van der Waals surface area contributed by atoms with Crippen molar-refractivity contribution < 1.29 is 18.3 Å². The van der Waals surface area contributed by atoms with Crippen molar-refractivity contribution in [2.45, 2.75) is 58.0 Å². The fraction of sp³-hybridized carbons (Fsp3) is 0.923. The van der Waals surface area contributed by atoms with E-state index in [1.165, 1.54) is 0 Å². The third kappa shape index (κ3) is 3.51. The largest absolute Gasteiger partial charge is 0.481 e. The number of carboxylic acid groups (broad SMARTS) is 1. The normalized spacial score (nSPS) is 30.9. The maximum Gasteiger partial charge on any atom is 0.303 e. The van der Waals surface area contributed by atoms with Crippen molar-refractivity contribution in [2.24, 2.45) is 11.8 Å². The number of aliphatic carboxylic acids is 1. The standard InChI is InChI=1S/C13H24N2O4S/c1-9(2)8-14-20(18,19)15-11-3-4-12(15)6-10(5-11)7-13(16)17/h9-12,14H,3-8H2,1-2H3,(H,16,17). The third-order valence-corrected chi connectivity index (χ3v) is 5.86. The molecule has 0 amide bonds. The molecule has 0 spiro atoms. The van der Waals surface area contributed by atoms with Crippen molar-refractivity contribution in [1.82, 2.24) is 9.03 Å². The van der Waals surface area contributed by atoms with Crippen molar-refractivity contribution in [3.8, 4) is 0 Å². The molecule has 20 heavy (non-hydrogen) atoms. The molecular formula is C13H24N2O4S. The molecule has 0 aromatic carbocycles. The molecule has 0 radical (unpaired) electrons. The summed E-state index contributed by atoms with van der Waals surface area (Å²) in [6, 6.07) is -0.0504. The minimum atomic E-state index is -3.43. The highest BCUT2D eigenvalue weighted by Gasteiger charge is 2.46. The van der Waals surface area contributed by atoms with E-state index in [1.807, 2.05) is 13.8 Å². The minimum absolute atomic E-state index is 0.0252. The van der Waals surface area contributed by atoms with Crippen LogP contribution >= 0.6 is 0 Å². The van der Waals surface area contributed by atoms with Crippen LogP contribution in [0.2, 0.25) is 0 Å². The Labute approximate surface area is 120 Å². The maximum atomic E-state index is 12.4. The van der Waals surface area contributed by atoms with Gasteiger partial charge < -0.3 is 5.11 Å². The first-order chi connectivity index (χ1) is 9.29. The van der Waals surface area contributed by atoms with Crippen LogP contribution < -0.4 is 4.72 Å². The van der Waals surface area contributed by atoms with Crippen molar-refractivity contribution in [2.75, 3.05) is 6.54 Å². The molecule has 2 bridgehead atoms. The van der Waals surface area contributed by atoms with E-state index in [0.717, 1.165) is 12.8 Å². The van der Waals surface area contributed by atoms with E-state index in [4.69, 9.17) is 5.11 Å². The smallest absolute Gasteiger partial charge is 0.303 e. The molecule has 2 aliphatic rings. The highest BCUT2D eigenvalue weighted by atomic mass is 32.2. The molecule has 0 aromatic rings. The van der Waals surface area contributed by atoms with E-state index in [1.54, 1.807) is 4.31 Å². The Morgan fingerprint density at radius 1 is 1.30 bits per heavy atom. The summed E-state index contributed by atoms with van der Waals surface area (Å²) >= 11 is 0. The molecule has 2 unspecified atom stereocenters. The number of carboxylic acids is 1. The van der Waals surface area contributed by atoms with E-state index in [0.29, 0.717) is 19.4 Å². The number of carbonyl (C=O) groups is 1. The predicted molar refractivity (Wildman–Crippen MR) is 75.4 cm³/mol. The molecule has 2 atom stereocenters. The van der Waals surface area contributed by atoms with Gasteiger partial charge >= 0.3 is 5.97 Å². The molecule has 0 aromatic heterocycles. The van der Waals surface area contributed by atoms with E-state index >= 15 is 0 Å². The van der Waals surface area contributed by atoms with E-state index < -0.39 is 16.2 Å². The summed E-state index contributed by atoms with van der Waals surface area (Å²) in [7, 11) is -3.43. The third-order valence-electron chi connectivity index (χ3n) is 4.18. The average Bonchev–Trinajstić information content (AvgIpc) is 2.60. The zero-order chi connectivity index (χ0) is 14.9. The van der Waals surface area contributed by atoms with Crippen molar-refractivity contribution in [1.29, 1.82) is 0 Å². The molecule has 2 heterocycles. The van der Waals surface area contributed by atoms with Gasteiger partial charge in [0, 0.05) is 25.0 Å². The van der Waals surface area contributed by atoms with Gasteiger partial charge in [0.05, 0.1) is 0 Å². The number of nitrogens with zero attached hydrogens (tertiary/aromatic N) is 1. The van der Waals surface area contributed by atoms with Gasteiger partial charge in [-0.25, -0.2) is 4.72 Å². The lowest BCUT2D eigenvalue weighted by molar-refractivity contribution is -0.138.